The molecule has 1 aromatic heterocycles. The number of aromatic hydroxyl groups is 1. The number of H-pyrrole nitrogens is 1. The summed E-state index contributed by atoms with van der Waals surface area (Å²) in [5.74, 6) is -1.38. The molecular formula is C16H10ClN2O3-. The number of nitrogens with one attached hydrogen (secondary N) is 1. The maximum Gasteiger partial charge on any atom is 0.198 e. The van der Waals surface area contributed by atoms with Crippen LogP contribution in [0.1, 0.15) is 15.9 Å². The highest BCUT2D eigenvalue weighted by molar-refractivity contribution is 6.31. The van der Waals surface area contributed by atoms with E-state index < -0.39 is 5.97 Å². The fourth-order valence-electron chi connectivity index (χ4n) is 2.20. The van der Waals surface area contributed by atoms with Crippen molar-refractivity contribution in [2.24, 2.45) is 4.99 Å². The van der Waals surface area contributed by atoms with Crippen LogP contribution in [-0.2, 0) is 0 Å². The van der Waals surface area contributed by atoms with Crippen LogP contribution in [0, 0.1) is 0 Å². The van der Waals surface area contributed by atoms with Gasteiger partial charge < -0.3 is 20.0 Å². The van der Waals surface area contributed by atoms with E-state index in [0.29, 0.717) is 10.6 Å². The van der Waals surface area contributed by atoms with Crippen molar-refractivity contribution in [2.75, 3.05) is 0 Å². The van der Waals surface area contributed by atoms with Crippen LogP contribution >= 0.6 is 11.6 Å². The monoisotopic (exact) mass is 313 g/mol. The fourth-order valence-corrected chi connectivity index (χ4v) is 2.36. The molecular weight excluding hydrogens is 304 g/mol. The first-order chi connectivity index (χ1) is 10.6. The molecule has 0 aliphatic carbocycles. The third-order valence-corrected chi connectivity index (χ3v) is 3.47. The molecule has 0 amide bonds. The summed E-state index contributed by atoms with van der Waals surface area (Å²) >= 11 is 5.87. The lowest BCUT2D eigenvalue weighted by atomic mass is 10.1. The van der Waals surface area contributed by atoms with Gasteiger partial charge in [0, 0.05) is 27.7 Å². The Morgan fingerprint density at radius 2 is 2.05 bits per heavy atom. The number of carboxylic acid groups (broad SMARTS) is 1. The lowest BCUT2D eigenvalue weighted by Gasteiger charge is -2.06. The number of nitrogens with zero attached hydrogens (tertiary/aromatic N) is 1. The zero-order valence-electron chi connectivity index (χ0n) is 11.2. The number of hydrogen-bond donors (Lipinski definition) is 2. The Bertz CT molecular complexity index is 900. The third kappa shape index (κ3) is 2.54. The number of aliphatic imine (C=N–C) groups is 1. The van der Waals surface area contributed by atoms with Crippen molar-refractivity contribution in [2.45, 2.75) is 0 Å². The van der Waals surface area contributed by atoms with Gasteiger partial charge in [0.05, 0.1) is 17.2 Å². The Balaban J connectivity index is 2.09. The lowest BCUT2D eigenvalue weighted by Crippen LogP contribution is -2.22. The first kappa shape index (κ1) is 14.2. The Kier molecular flexibility index (Phi) is 3.56. The van der Waals surface area contributed by atoms with Gasteiger partial charge in [-0.3, -0.25) is 4.99 Å². The van der Waals surface area contributed by atoms with Gasteiger partial charge in [0.15, 0.2) is 5.88 Å². The van der Waals surface area contributed by atoms with Gasteiger partial charge in [-0.2, -0.15) is 0 Å². The zero-order chi connectivity index (χ0) is 15.7. The molecule has 0 saturated heterocycles. The van der Waals surface area contributed by atoms with E-state index in [-0.39, 0.29) is 17.1 Å². The maximum atomic E-state index is 11.1. The summed E-state index contributed by atoms with van der Waals surface area (Å²) < 4.78 is 0. The molecule has 0 saturated carbocycles. The zero-order valence-corrected chi connectivity index (χ0v) is 12.0. The van der Waals surface area contributed by atoms with Crippen LogP contribution in [0.4, 0.5) is 5.69 Å². The molecule has 22 heavy (non-hydrogen) atoms. The second kappa shape index (κ2) is 5.54. The number of rotatable bonds is 3. The van der Waals surface area contributed by atoms with E-state index >= 15 is 0 Å². The summed E-state index contributed by atoms with van der Waals surface area (Å²) in [5.41, 5.74) is 1.32. The minimum absolute atomic E-state index is 0.0398. The Labute approximate surface area is 130 Å². The predicted octanol–water partition coefficient (Wildman–Crippen LogP) is 2.64. The normalized spacial score (nSPS) is 11.3. The average molecular weight is 314 g/mol. The second-order valence-corrected chi connectivity index (χ2v) is 5.08. The van der Waals surface area contributed by atoms with Crippen molar-refractivity contribution in [1.82, 2.24) is 4.98 Å². The molecule has 0 aliphatic rings. The fraction of sp³-hybridized carbons (Fsp3) is 0. The van der Waals surface area contributed by atoms with Gasteiger partial charge in [-0.1, -0.05) is 29.8 Å². The number of halogens is 1. The number of aromatic nitrogens is 1. The van der Waals surface area contributed by atoms with Crippen molar-refractivity contribution < 1.29 is 15.0 Å². The molecule has 3 aromatic rings. The third-order valence-electron chi connectivity index (χ3n) is 3.24. The molecule has 2 N–H and O–H groups in total. The van der Waals surface area contributed by atoms with Gasteiger partial charge in [-0.15, -0.1) is 0 Å². The van der Waals surface area contributed by atoms with Gasteiger partial charge in [-0.05, 0) is 24.3 Å². The number of fused-ring (bicyclic) bond motifs is 1. The molecule has 0 unspecified atom stereocenters. The summed E-state index contributed by atoms with van der Waals surface area (Å²) in [6, 6.07) is 11.5. The van der Waals surface area contributed by atoms with Crippen LogP contribution in [0.15, 0.2) is 47.5 Å². The van der Waals surface area contributed by atoms with E-state index in [0.717, 1.165) is 10.9 Å². The summed E-state index contributed by atoms with van der Waals surface area (Å²) in [4.78, 5) is 18.0. The second-order valence-electron chi connectivity index (χ2n) is 4.64. The molecule has 0 bridgehead atoms. The molecule has 5 nitrogen and oxygen atoms in total. The summed E-state index contributed by atoms with van der Waals surface area (Å²) in [6.45, 7) is 0. The summed E-state index contributed by atoms with van der Waals surface area (Å²) in [6.07, 6.45) is 1.40. The molecule has 0 fully saturated rings. The molecule has 2 aromatic carbocycles. The van der Waals surface area contributed by atoms with Crippen molar-refractivity contribution in [3.8, 4) is 5.88 Å². The van der Waals surface area contributed by atoms with Crippen LogP contribution in [0.2, 0.25) is 5.02 Å². The number of carbonyl (C=O) groups excluding carboxylic acids is 1. The van der Waals surface area contributed by atoms with Gasteiger partial charge in [0.25, 0.3) is 0 Å². The number of aromatic carboxylic acids is 1. The van der Waals surface area contributed by atoms with Crippen LogP contribution in [0.5, 0.6) is 5.88 Å². The SMILES string of the molecule is O=C([O-])c1ccc(Cl)cc1N=Cc1c(O)[nH]c2ccccc12. The average Bonchev–Trinajstić information content (AvgIpc) is 2.80. The topological polar surface area (TPSA) is 88.5 Å². The first-order valence-corrected chi connectivity index (χ1v) is 6.78. The molecule has 6 heteroatoms. The highest BCUT2D eigenvalue weighted by Crippen LogP contribution is 2.27. The maximum absolute atomic E-state index is 11.1. The molecule has 110 valence electrons. The van der Waals surface area contributed by atoms with Crippen molar-refractivity contribution >= 4 is 40.4 Å². The summed E-state index contributed by atoms with van der Waals surface area (Å²) in [5, 5.41) is 22.2. The summed E-state index contributed by atoms with van der Waals surface area (Å²) in [7, 11) is 0. The van der Waals surface area contributed by atoms with Gasteiger partial charge in [0.2, 0.25) is 0 Å². The van der Waals surface area contributed by atoms with E-state index in [9.17, 15) is 15.0 Å². The van der Waals surface area contributed by atoms with Gasteiger partial charge in [-0.25, -0.2) is 0 Å². The number of carboxylic acids is 1. The van der Waals surface area contributed by atoms with E-state index in [2.05, 4.69) is 9.98 Å². The molecule has 0 atom stereocenters. The van der Waals surface area contributed by atoms with Crippen LogP contribution < -0.4 is 5.11 Å². The van der Waals surface area contributed by atoms with Crippen molar-refractivity contribution in [3.05, 3.63) is 58.6 Å². The number of hydrogen-bond acceptors (Lipinski definition) is 4. The Morgan fingerprint density at radius 3 is 2.82 bits per heavy atom. The van der Waals surface area contributed by atoms with Crippen LogP contribution in [0.3, 0.4) is 0 Å². The molecule has 0 radical (unpaired) electrons. The number of aromatic amines is 1. The number of benzene rings is 2. The smallest absolute Gasteiger partial charge is 0.198 e. The number of para-hydroxylation sites is 1. The van der Waals surface area contributed by atoms with Crippen LogP contribution in [-0.4, -0.2) is 22.3 Å². The largest absolute Gasteiger partial charge is 0.545 e. The van der Waals surface area contributed by atoms with E-state index in [1.807, 2.05) is 24.3 Å². The van der Waals surface area contributed by atoms with Crippen LogP contribution in [0.25, 0.3) is 10.9 Å². The Morgan fingerprint density at radius 1 is 1.27 bits per heavy atom. The van der Waals surface area contributed by atoms with Gasteiger partial charge in [0.1, 0.15) is 0 Å². The number of carbonyl (C=O) groups is 1. The molecule has 0 aliphatic heterocycles. The minimum Gasteiger partial charge on any atom is -0.545 e. The highest BCUT2D eigenvalue weighted by Gasteiger charge is 2.09. The van der Waals surface area contributed by atoms with E-state index in [1.165, 1.54) is 24.4 Å². The quantitative estimate of drug-likeness (QED) is 0.728. The molecule has 0 spiro atoms. The van der Waals surface area contributed by atoms with E-state index in [1.54, 1.807) is 0 Å². The van der Waals surface area contributed by atoms with Crippen molar-refractivity contribution in [1.29, 1.82) is 0 Å². The molecule has 3 rings (SSSR count). The minimum atomic E-state index is -1.34. The predicted molar refractivity (Wildman–Crippen MR) is 83.0 cm³/mol. The van der Waals surface area contributed by atoms with Crippen molar-refractivity contribution in [3.63, 3.8) is 0 Å². The van der Waals surface area contributed by atoms with Gasteiger partial charge >= 0.3 is 0 Å². The van der Waals surface area contributed by atoms with E-state index in [4.69, 9.17) is 11.6 Å². The first-order valence-electron chi connectivity index (χ1n) is 6.41. The lowest BCUT2D eigenvalue weighted by molar-refractivity contribution is -0.254. The molecule has 1 heterocycles. The Hall–Kier alpha value is -2.79. The highest BCUT2D eigenvalue weighted by atomic mass is 35.5. The standard InChI is InChI=1S/C16H11ClN2O3/c17-9-5-6-11(16(21)22)14(7-9)18-8-12-10-3-1-2-4-13(10)19-15(12)20/h1-8,19-20H,(H,21,22)/p-1.